The maximum atomic E-state index is 15.0. The topological polar surface area (TPSA) is 64.0 Å². The Hall–Kier alpha value is -0.870. The van der Waals surface area contributed by atoms with Crippen molar-refractivity contribution in [1.29, 1.82) is 0 Å². The first-order chi connectivity index (χ1) is 9.98. The number of sulfone groups is 1. The third kappa shape index (κ3) is 3.63. The molecule has 1 fully saturated rings. The molecular weight excluding hydrogens is 362 g/mol. The van der Waals surface area contributed by atoms with Crippen molar-refractivity contribution in [3.63, 3.8) is 0 Å². The number of hydrogen-bond acceptors (Lipinski definition) is 4. The second kappa shape index (κ2) is 6.56. The number of aromatic nitrogens is 2. The van der Waals surface area contributed by atoms with Crippen molar-refractivity contribution < 1.29 is 26.0 Å². The lowest BCUT2D eigenvalue weighted by Gasteiger charge is -2.33. The summed E-state index contributed by atoms with van der Waals surface area (Å²) < 4.78 is 78.5. The number of aryl methyl sites for hydroxylation is 1. The predicted molar refractivity (Wildman–Crippen MR) is 77.8 cm³/mol. The lowest BCUT2D eigenvalue weighted by molar-refractivity contribution is -0.141. The summed E-state index contributed by atoms with van der Waals surface area (Å²) in [7, 11) is -3.55. The zero-order valence-corrected chi connectivity index (χ0v) is 14.2. The maximum Gasteiger partial charge on any atom is 0.435 e. The van der Waals surface area contributed by atoms with Crippen LogP contribution in [0.15, 0.2) is 11.1 Å². The zero-order chi connectivity index (χ0) is 16.8. The van der Waals surface area contributed by atoms with Gasteiger partial charge in [-0.2, -0.15) is 18.3 Å². The van der Waals surface area contributed by atoms with Crippen LogP contribution in [0.3, 0.4) is 0 Å². The van der Waals surface area contributed by atoms with Crippen LogP contribution in [0, 0.1) is 5.92 Å². The van der Waals surface area contributed by atoms with E-state index in [4.69, 9.17) is 0 Å². The molecule has 0 bridgehead atoms. The van der Waals surface area contributed by atoms with Gasteiger partial charge >= 0.3 is 6.18 Å². The van der Waals surface area contributed by atoms with Crippen LogP contribution in [0.5, 0.6) is 0 Å². The average Bonchev–Trinajstić information content (AvgIpc) is 2.82. The molecule has 0 amide bonds. The molecule has 1 unspecified atom stereocenters. The van der Waals surface area contributed by atoms with E-state index in [1.54, 1.807) is 0 Å². The first-order valence-electron chi connectivity index (χ1n) is 6.73. The Labute approximate surface area is 137 Å². The minimum atomic E-state index is -4.78. The van der Waals surface area contributed by atoms with Crippen LogP contribution >= 0.6 is 12.4 Å². The van der Waals surface area contributed by atoms with E-state index in [9.17, 15) is 26.0 Å². The van der Waals surface area contributed by atoms with Crippen LogP contribution < -0.4 is 5.32 Å². The molecule has 11 heteroatoms. The molecule has 1 atom stereocenters. The molecule has 0 spiro atoms. The van der Waals surface area contributed by atoms with Crippen molar-refractivity contribution in [3.8, 4) is 0 Å². The summed E-state index contributed by atoms with van der Waals surface area (Å²) >= 11 is 0. The first kappa shape index (κ1) is 20.2. The molecule has 1 aliphatic heterocycles. The summed E-state index contributed by atoms with van der Waals surface area (Å²) in [6.45, 7) is 1.86. The number of rotatable bonds is 3. The van der Waals surface area contributed by atoms with E-state index in [2.05, 4.69) is 10.4 Å². The second-order valence-electron chi connectivity index (χ2n) is 5.50. The van der Waals surface area contributed by atoms with Gasteiger partial charge in [-0.15, -0.1) is 12.4 Å². The second-order valence-corrected chi connectivity index (χ2v) is 7.73. The maximum absolute atomic E-state index is 15.0. The highest BCUT2D eigenvalue weighted by Gasteiger charge is 2.50. The molecule has 1 aliphatic rings. The molecule has 0 aliphatic carbocycles. The van der Waals surface area contributed by atoms with Gasteiger partial charge in [0.2, 0.25) is 14.8 Å². The number of nitrogens with zero attached hydrogens (tertiary/aromatic N) is 2. The van der Waals surface area contributed by atoms with Crippen LogP contribution in [0.25, 0.3) is 0 Å². The average molecular weight is 380 g/mol. The molecule has 0 saturated carbocycles. The molecule has 1 N–H and O–H groups in total. The van der Waals surface area contributed by atoms with Crippen molar-refractivity contribution in [2.45, 2.75) is 36.0 Å². The summed E-state index contributed by atoms with van der Waals surface area (Å²) in [5.41, 5.74) is -1.35. The fourth-order valence-corrected chi connectivity index (χ4v) is 4.34. The van der Waals surface area contributed by atoms with E-state index in [0.717, 1.165) is 14.0 Å². The zero-order valence-electron chi connectivity index (χ0n) is 12.5. The minimum Gasteiger partial charge on any atom is -0.317 e. The number of piperidine rings is 1. The van der Waals surface area contributed by atoms with Crippen LogP contribution in [0.4, 0.5) is 17.6 Å². The molecule has 134 valence electrons. The molecular formula is C12H18ClF4N3O2S. The van der Waals surface area contributed by atoms with E-state index in [1.807, 2.05) is 0 Å². The van der Waals surface area contributed by atoms with E-state index in [1.165, 1.54) is 0 Å². The molecule has 1 aromatic rings. The van der Waals surface area contributed by atoms with Gasteiger partial charge in [0.1, 0.15) is 0 Å². The van der Waals surface area contributed by atoms with Crippen LogP contribution in [-0.2, 0) is 23.1 Å². The molecule has 0 radical (unpaired) electrons. The van der Waals surface area contributed by atoms with E-state index < -0.39 is 37.7 Å². The van der Waals surface area contributed by atoms with E-state index >= 15 is 0 Å². The molecule has 2 rings (SSSR count). The number of halogens is 5. The van der Waals surface area contributed by atoms with Crippen LogP contribution in [0.1, 0.15) is 25.5 Å². The van der Waals surface area contributed by atoms with Gasteiger partial charge < -0.3 is 5.32 Å². The van der Waals surface area contributed by atoms with Gasteiger partial charge in [0.05, 0.1) is 0 Å². The smallest absolute Gasteiger partial charge is 0.317 e. The van der Waals surface area contributed by atoms with E-state index in [0.29, 0.717) is 36.7 Å². The quantitative estimate of drug-likeness (QED) is 0.819. The molecule has 1 aromatic heterocycles. The summed E-state index contributed by atoms with van der Waals surface area (Å²) in [5.74, 6) is -0.775. The largest absolute Gasteiger partial charge is 0.435 e. The Morgan fingerprint density at radius 2 is 1.78 bits per heavy atom. The van der Waals surface area contributed by atoms with Crippen molar-refractivity contribution in [3.05, 3.63) is 11.8 Å². The molecule has 0 aromatic carbocycles. The van der Waals surface area contributed by atoms with Gasteiger partial charge in [-0.1, -0.05) is 0 Å². The standard InChI is InChI=1S/C12H17F4N3O2S.ClH/c1-11(13,8-3-5-17-6-4-8)22(20,21)10-7-9(12(14,15)16)18-19(10)2;/h7-8,17H,3-6H2,1-2H3;1H. The molecule has 2 heterocycles. The van der Waals surface area contributed by atoms with Gasteiger partial charge in [-0.05, 0) is 32.9 Å². The highest BCUT2D eigenvalue weighted by Crippen LogP contribution is 2.39. The normalized spacial score (nSPS) is 19.9. The fourth-order valence-electron chi connectivity index (χ4n) is 2.60. The van der Waals surface area contributed by atoms with E-state index in [-0.39, 0.29) is 12.4 Å². The number of alkyl halides is 4. The Kier molecular flexibility index (Phi) is 5.75. The molecule has 1 saturated heterocycles. The van der Waals surface area contributed by atoms with Crippen molar-refractivity contribution in [2.24, 2.45) is 13.0 Å². The van der Waals surface area contributed by atoms with Gasteiger partial charge in [0, 0.05) is 19.0 Å². The Bertz CT molecular complexity index is 652. The SMILES string of the molecule is Cl.Cn1nc(C(F)(F)F)cc1S(=O)(=O)C(C)(F)C1CCNCC1. The van der Waals surface area contributed by atoms with Crippen LogP contribution in [0.2, 0.25) is 0 Å². The first-order valence-corrected chi connectivity index (χ1v) is 8.21. The van der Waals surface area contributed by atoms with Crippen molar-refractivity contribution in [2.75, 3.05) is 13.1 Å². The van der Waals surface area contributed by atoms with Gasteiger partial charge in [0.25, 0.3) is 0 Å². The lowest BCUT2D eigenvalue weighted by atomic mass is 9.93. The minimum absolute atomic E-state index is 0. The van der Waals surface area contributed by atoms with Gasteiger partial charge in [-0.3, -0.25) is 4.68 Å². The highest BCUT2D eigenvalue weighted by atomic mass is 35.5. The summed E-state index contributed by atoms with van der Waals surface area (Å²) in [5, 5.41) is 2.72. The number of hydrogen-bond donors (Lipinski definition) is 1. The van der Waals surface area contributed by atoms with Crippen LogP contribution in [-0.4, -0.2) is 36.3 Å². The summed E-state index contributed by atoms with van der Waals surface area (Å²) in [4.78, 5) is 0. The summed E-state index contributed by atoms with van der Waals surface area (Å²) in [6.07, 6.45) is -4.18. The lowest BCUT2D eigenvalue weighted by Crippen LogP contribution is -2.44. The Morgan fingerprint density at radius 3 is 2.22 bits per heavy atom. The van der Waals surface area contributed by atoms with Gasteiger partial charge in [-0.25, -0.2) is 12.8 Å². The Morgan fingerprint density at radius 1 is 1.26 bits per heavy atom. The highest BCUT2D eigenvalue weighted by molar-refractivity contribution is 7.92. The number of nitrogens with one attached hydrogen (secondary N) is 1. The fraction of sp³-hybridized carbons (Fsp3) is 0.750. The molecule has 23 heavy (non-hydrogen) atoms. The third-order valence-electron chi connectivity index (χ3n) is 4.00. The monoisotopic (exact) mass is 379 g/mol. The Balaban J connectivity index is 0.00000264. The summed E-state index contributed by atoms with van der Waals surface area (Å²) in [6, 6.07) is 0.383. The molecule has 5 nitrogen and oxygen atoms in total. The predicted octanol–water partition coefficient (Wildman–Crippen LogP) is 2.32. The van der Waals surface area contributed by atoms with Gasteiger partial charge in [0.15, 0.2) is 10.7 Å². The van der Waals surface area contributed by atoms with Crippen molar-refractivity contribution in [1.82, 2.24) is 15.1 Å². The third-order valence-corrected chi connectivity index (χ3v) is 6.31. The van der Waals surface area contributed by atoms with Crippen molar-refractivity contribution >= 4 is 22.2 Å².